The number of hydrogen-bond donors (Lipinski definition) is 1. The molecule has 108 valence electrons. The van der Waals surface area contributed by atoms with Crippen LogP contribution in [0.15, 0.2) is 34.8 Å². The number of aromatic nitrogens is 1. The monoisotopic (exact) mass is 279 g/mol. The summed E-state index contributed by atoms with van der Waals surface area (Å²) in [6, 6.07) is 2.71. The van der Waals surface area contributed by atoms with Crippen molar-refractivity contribution in [3.05, 3.63) is 45.9 Å². The molecule has 6 nitrogen and oxygen atoms in total. The van der Waals surface area contributed by atoms with Gasteiger partial charge in [0.15, 0.2) is 0 Å². The first kappa shape index (κ1) is 15.7. The van der Waals surface area contributed by atoms with Crippen LogP contribution in [0.25, 0.3) is 0 Å². The number of pyridine rings is 1. The summed E-state index contributed by atoms with van der Waals surface area (Å²) >= 11 is 0. The Balaban J connectivity index is 2.81. The largest absolute Gasteiger partial charge is 0.481 e. The normalized spacial score (nSPS) is 11.2. The molecule has 1 aromatic rings. The van der Waals surface area contributed by atoms with Gasteiger partial charge in [-0.2, -0.15) is 0 Å². The van der Waals surface area contributed by atoms with E-state index in [1.807, 2.05) is 0 Å². The first-order valence-corrected chi connectivity index (χ1v) is 6.10. The lowest BCUT2D eigenvalue weighted by Gasteiger charge is -2.06. The van der Waals surface area contributed by atoms with Gasteiger partial charge in [-0.3, -0.25) is 9.59 Å². The van der Waals surface area contributed by atoms with Gasteiger partial charge in [0.2, 0.25) is 0 Å². The van der Waals surface area contributed by atoms with Gasteiger partial charge < -0.3 is 14.4 Å². The molecule has 0 amide bonds. The fraction of sp³-hybridized carbons (Fsp3) is 0.357. The topological polar surface area (TPSA) is 85.6 Å². The molecule has 0 spiro atoms. The fourth-order valence-corrected chi connectivity index (χ4v) is 1.57. The van der Waals surface area contributed by atoms with E-state index >= 15 is 0 Å². The second-order valence-electron chi connectivity index (χ2n) is 4.34. The van der Waals surface area contributed by atoms with Gasteiger partial charge in [-0.05, 0) is 19.4 Å². The molecule has 1 aromatic heterocycles. The third-order valence-electron chi connectivity index (χ3n) is 2.77. The summed E-state index contributed by atoms with van der Waals surface area (Å²) in [4.78, 5) is 33.5. The van der Waals surface area contributed by atoms with Gasteiger partial charge in [-0.1, -0.05) is 11.6 Å². The van der Waals surface area contributed by atoms with Gasteiger partial charge in [0.05, 0.1) is 12.7 Å². The Labute approximate surface area is 116 Å². The summed E-state index contributed by atoms with van der Waals surface area (Å²) in [6.07, 6.45) is 3.68. The van der Waals surface area contributed by atoms with E-state index in [2.05, 4.69) is 4.74 Å². The van der Waals surface area contributed by atoms with E-state index in [-0.39, 0.29) is 18.5 Å². The van der Waals surface area contributed by atoms with Crippen LogP contribution in [0.5, 0.6) is 0 Å². The molecule has 0 aliphatic heterocycles. The molecule has 0 aliphatic rings. The van der Waals surface area contributed by atoms with Crippen molar-refractivity contribution < 1.29 is 19.4 Å². The highest BCUT2D eigenvalue weighted by molar-refractivity contribution is 5.88. The first-order chi connectivity index (χ1) is 9.43. The highest BCUT2D eigenvalue weighted by Crippen LogP contribution is 2.05. The molecular weight excluding hydrogens is 262 g/mol. The first-order valence-electron chi connectivity index (χ1n) is 6.10. The number of aliphatic carboxylic acids is 1. The summed E-state index contributed by atoms with van der Waals surface area (Å²) in [5.41, 5.74) is 0.936. The van der Waals surface area contributed by atoms with Crippen molar-refractivity contribution in [1.29, 1.82) is 0 Å². The zero-order valence-corrected chi connectivity index (χ0v) is 11.5. The standard InChI is InChI=1S/C14H17NO5/c1-10(3-6-13(17)18)7-8-15-9-11(14(19)20-2)4-5-12(15)16/h4-5,7,9H,3,6,8H2,1-2H3,(H,17,18). The SMILES string of the molecule is COC(=O)c1ccc(=O)n(CC=C(C)CCC(=O)O)c1. The number of hydrogen-bond acceptors (Lipinski definition) is 4. The van der Waals surface area contributed by atoms with Gasteiger partial charge in [-0.15, -0.1) is 0 Å². The van der Waals surface area contributed by atoms with Crippen molar-refractivity contribution in [3.8, 4) is 0 Å². The van der Waals surface area contributed by atoms with Gasteiger partial charge in [0, 0.05) is 25.2 Å². The smallest absolute Gasteiger partial charge is 0.339 e. The van der Waals surface area contributed by atoms with Gasteiger partial charge in [0.1, 0.15) is 0 Å². The number of rotatable bonds is 6. The summed E-state index contributed by atoms with van der Waals surface area (Å²) in [5.74, 6) is -1.37. The Morgan fingerprint density at radius 1 is 1.35 bits per heavy atom. The predicted molar refractivity (Wildman–Crippen MR) is 72.7 cm³/mol. The number of carboxylic acid groups (broad SMARTS) is 1. The molecule has 0 unspecified atom stereocenters. The Kier molecular flexibility index (Phi) is 5.71. The van der Waals surface area contributed by atoms with Crippen LogP contribution in [0.4, 0.5) is 0 Å². The second kappa shape index (κ2) is 7.28. The highest BCUT2D eigenvalue weighted by atomic mass is 16.5. The zero-order chi connectivity index (χ0) is 15.1. The van der Waals surface area contributed by atoms with E-state index in [9.17, 15) is 14.4 Å². The number of carbonyl (C=O) groups is 2. The van der Waals surface area contributed by atoms with Crippen LogP contribution in [0.3, 0.4) is 0 Å². The van der Waals surface area contributed by atoms with Gasteiger partial charge >= 0.3 is 11.9 Å². The lowest BCUT2D eigenvalue weighted by atomic mass is 10.1. The summed E-state index contributed by atoms with van der Waals surface area (Å²) in [6.45, 7) is 2.09. The minimum absolute atomic E-state index is 0.0550. The molecule has 0 bridgehead atoms. The van der Waals surface area contributed by atoms with Crippen LogP contribution in [-0.4, -0.2) is 28.7 Å². The van der Waals surface area contributed by atoms with Crippen molar-refractivity contribution in [3.63, 3.8) is 0 Å². The fourth-order valence-electron chi connectivity index (χ4n) is 1.57. The van der Waals surface area contributed by atoms with Crippen LogP contribution in [0.2, 0.25) is 0 Å². The van der Waals surface area contributed by atoms with Crippen molar-refractivity contribution >= 4 is 11.9 Å². The van der Waals surface area contributed by atoms with Crippen LogP contribution in [0.1, 0.15) is 30.1 Å². The Hall–Kier alpha value is -2.37. The molecule has 0 atom stereocenters. The van der Waals surface area contributed by atoms with E-state index in [0.29, 0.717) is 12.0 Å². The quantitative estimate of drug-likeness (QED) is 0.629. The maximum absolute atomic E-state index is 11.6. The molecule has 0 aliphatic carbocycles. The highest BCUT2D eigenvalue weighted by Gasteiger charge is 2.06. The van der Waals surface area contributed by atoms with E-state index in [4.69, 9.17) is 5.11 Å². The predicted octanol–water partition coefficient (Wildman–Crippen LogP) is 1.45. The minimum Gasteiger partial charge on any atom is -0.481 e. The number of nitrogens with zero attached hydrogens (tertiary/aromatic N) is 1. The van der Waals surface area contributed by atoms with Crippen LogP contribution >= 0.6 is 0 Å². The molecule has 20 heavy (non-hydrogen) atoms. The van der Waals surface area contributed by atoms with Crippen LogP contribution < -0.4 is 5.56 Å². The average Bonchev–Trinajstić information content (AvgIpc) is 2.43. The Bertz CT molecular complexity index is 585. The van der Waals surface area contributed by atoms with Crippen molar-refractivity contribution in [2.75, 3.05) is 7.11 Å². The number of carboxylic acids is 1. The molecule has 0 radical (unpaired) electrons. The minimum atomic E-state index is -0.859. The number of esters is 1. The third kappa shape index (κ3) is 4.72. The zero-order valence-electron chi connectivity index (χ0n) is 11.5. The molecule has 1 heterocycles. The second-order valence-corrected chi connectivity index (χ2v) is 4.34. The maximum atomic E-state index is 11.6. The van der Waals surface area contributed by atoms with Crippen molar-refractivity contribution in [2.24, 2.45) is 0 Å². The van der Waals surface area contributed by atoms with Crippen LogP contribution in [-0.2, 0) is 16.1 Å². The van der Waals surface area contributed by atoms with E-state index < -0.39 is 11.9 Å². The molecule has 0 aromatic carbocycles. The Morgan fingerprint density at radius 2 is 2.05 bits per heavy atom. The molecule has 0 saturated heterocycles. The number of ether oxygens (including phenoxy) is 1. The van der Waals surface area contributed by atoms with E-state index in [1.54, 1.807) is 13.0 Å². The number of methoxy groups -OCH3 is 1. The van der Waals surface area contributed by atoms with Crippen LogP contribution in [0, 0.1) is 0 Å². The number of allylic oxidation sites excluding steroid dienone is 2. The summed E-state index contributed by atoms with van der Waals surface area (Å²) in [7, 11) is 1.27. The van der Waals surface area contributed by atoms with Gasteiger partial charge in [-0.25, -0.2) is 4.79 Å². The molecule has 6 heteroatoms. The lowest BCUT2D eigenvalue weighted by molar-refractivity contribution is -0.136. The molecule has 0 fully saturated rings. The molecule has 1 rings (SSSR count). The molecular formula is C14H17NO5. The lowest BCUT2D eigenvalue weighted by Crippen LogP contribution is -2.20. The van der Waals surface area contributed by atoms with Crippen molar-refractivity contribution in [1.82, 2.24) is 4.57 Å². The van der Waals surface area contributed by atoms with E-state index in [1.165, 1.54) is 30.0 Å². The molecule has 1 N–H and O–H groups in total. The number of carbonyl (C=O) groups excluding carboxylic acids is 1. The average molecular weight is 279 g/mol. The van der Waals surface area contributed by atoms with Crippen molar-refractivity contribution in [2.45, 2.75) is 26.3 Å². The summed E-state index contributed by atoms with van der Waals surface area (Å²) < 4.78 is 5.96. The Morgan fingerprint density at radius 3 is 2.65 bits per heavy atom. The molecule has 0 saturated carbocycles. The third-order valence-corrected chi connectivity index (χ3v) is 2.77. The van der Waals surface area contributed by atoms with Gasteiger partial charge in [0.25, 0.3) is 5.56 Å². The summed E-state index contributed by atoms with van der Waals surface area (Å²) in [5, 5.41) is 8.58. The van der Waals surface area contributed by atoms with E-state index in [0.717, 1.165) is 5.57 Å². The maximum Gasteiger partial charge on any atom is 0.339 e.